The molecule has 0 spiro atoms. The number of carboxylic acid groups (broad SMARTS) is 1. The summed E-state index contributed by atoms with van der Waals surface area (Å²) in [5.74, 6) is -0.434. The first-order chi connectivity index (χ1) is 10.6. The number of aliphatic carboxylic acids is 1. The van der Waals surface area contributed by atoms with E-state index >= 15 is 0 Å². The van der Waals surface area contributed by atoms with E-state index in [1.165, 1.54) is 0 Å². The molecule has 22 heavy (non-hydrogen) atoms. The molecule has 0 aromatic heterocycles. The molecule has 0 radical (unpaired) electrons. The third-order valence-corrected chi connectivity index (χ3v) is 4.04. The molecule has 3 rings (SSSR count). The molecule has 0 fully saturated rings. The molecule has 4 nitrogen and oxygen atoms in total. The maximum absolute atomic E-state index is 11.9. The van der Waals surface area contributed by atoms with Gasteiger partial charge in [0.25, 0.3) is 0 Å². The first-order valence-corrected chi connectivity index (χ1v) is 7.52. The minimum absolute atomic E-state index is 0.403. The van der Waals surface area contributed by atoms with Crippen LogP contribution in [0, 0.1) is 0 Å². The SMILES string of the molecule is CCN[C@@H]1c2cc(Cl)ccc2Oc2ccccc2[C@H]1C(=O)O. The summed E-state index contributed by atoms with van der Waals surface area (Å²) in [5.41, 5.74) is 1.42. The maximum atomic E-state index is 11.9. The number of para-hydroxylation sites is 1. The Morgan fingerprint density at radius 3 is 2.68 bits per heavy atom. The Balaban J connectivity index is 2.24. The number of benzene rings is 2. The summed E-state index contributed by atoms with van der Waals surface area (Å²) in [7, 11) is 0. The topological polar surface area (TPSA) is 58.6 Å². The molecule has 2 aromatic carbocycles. The van der Waals surface area contributed by atoms with Crippen LogP contribution in [0.5, 0.6) is 11.5 Å². The van der Waals surface area contributed by atoms with Gasteiger partial charge in [-0.3, -0.25) is 4.79 Å². The van der Waals surface area contributed by atoms with Gasteiger partial charge in [-0.15, -0.1) is 0 Å². The minimum Gasteiger partial charge on any atom is -0.481 e. The van der Waals surface area contributed by atoms with Gasteiger partial charge in [0.1, 0.15) is 17.4 Å². The van der Waals surface area contributed by atoms with E-state index in [1.54, 1.807) is 30.3 Å². The van der Waals surface area contributed by atoms with Crippen molar-refractivity contribution in [1.29, 1.82) is 0 Å². The predicted octanol–water partition coefficient (Wildman–Crippen LogP) is 3.96. The zero-order valence-electron chi connectivity index (χ0n) is 12.0. The number of likely N-dealkylation sites (N-methyl/N-ethyl adjacent to an activating group) is 1. The Bertz CT molecular complexity index is 717. The van der Waals surface area contributed by atoms with Gasteiger partial charge in [-0.05, 0) is 30.8 Å². The maximum Gasteiger partial charge on any atom is 0.313 e. The van der Waals surface area contributed by atoms with Crippen molar-refractivity contribution in [3.8, 4) is 11.5 Å². The number of carbonyl (C=O) groups is 1. The monoisotopic (exact) mass is 317 g/mol. The van der Waals surface area contributed by atoms with Crippen LogP contribution in [0.1, 0.15) is 30.0 Å². The largest absolute Gasteiger partial charge is 0.481 e. The normalized spacial score (nSPS) is 19.5. The Labute approximate surface area is 133 Å². The van der Waals surface area contributed by atoms with Crippen molar-refractivity contribution in [1.82, 2.24) is 5.32 Å². The smallest absolute Gasteiger partial charge is 0.313 e. The summed E-state index contributed by atoms with van der Waals surface area (Å²) >= 11 is 6.10. The minimum atomic E-state index is -0.894. The van der Waals surface area contributed by atoms with Crippen LogP contribution in [-0.4, -0.2) is 17.6 Å². The van der Waals surface area contributed by atoms with Crippen LogP contribution in [0.3, 0.4) is 0 Å². The summed E-state index contributed by atoms with van der Waals surface area (Å²) in [6.45, 7) is 2.59. The van der Waals surface area contributed by atoms with E-state index in [1.807, 2.05) is 19.1 Å². The second-order valence-electron chi connectivity index (χ2n) is 5.17. The number of rotatable bonds is 3. The molecule has 2 atom stereocenters. The molecule has 0 amide bonds. The summed E-state index contributed by atoms with van der Waals surface area (Å²) in [6.07, 6.45) is 0. The lowest BCUT2D eigenvalue weighted by Crippen LogP contribution is -2.31. The standard InChI is InChI=1S/C17H16ClNO3/c1-2-19-16-12-9-10(18)7-8-14(12)22-13-6-4-3-5-11(13)15(16)17(20)21/h3-9,15-16,19H,2H2,1H3,(H,20,21)/t15-,16-/m1/s1. The molecule has 0 unspecified atom stereocenters. The van der Waals surface area contributed by atoms with E-state index in [2.05, 4.69) is 5.32 Å². The average molecular weight is 318 g/mol. The fourth-order valence-corrected chi connectivity index (χ4v) is 3.07. The number of fused-ring (bicyclic) bond motifs is 2. The first kappa shape index (κ1) is 14.9. The van der Waals surface area contributed by atoms with Gasteiger partial charge < -0.3 is 15.2 Å². The van der Waals surface area contributed by atoms with E-state index in [9.17, 15) is 9.90 Å². The van der Waals surface area contributed by atoms with Crippen molar-refractivity contribution in [3.05, 3.63) is 58.6 Å². The summed E-state index contributed by atoms with van der Waals surface area (Å²) in [6, 6.07) is 12.1. The van der Waals surface area contributed by atoms with Crippen LogP contribution in [0.2, 0.25) is 5.02 Å². The van der Waals surface area contributed by atoms with Gasteiger partial charge in [-0.2, -0.15) is 0 Å². The molecule has 2 aromatic rings. The molecule has 5 heteroatoms. The van der Waals surface area contributed by atoms with Gasteiger partial charge in [0, 0.05) is 16.1 Å². The van der Waals surface area contributed by atoms with Gasteiger partial charge in [-0.1, -0.05) is 36.7 Å². The number of carboxylic acids is 1. The fraction of sp³-hybridized carbons (Fsp3) is 0.235. The molecule has 2 N–H and O–H groups in total. The van der Waals surface area contributed by atoms with Crippen LogP contribution < -0.4 is 10.1 Å². The highest BCUT2D eigenvalue weighted by Gasteiger charge is 2.37. The number of hydrogen-bond acceptors (Lipinski definition) is 3. The number of halogens is 1. The molecule has 1 aliphatic rings. The Morgan fingerprint density at radius 1 is 1.23 bits per heavy atom. The van der Waals surface area contributed by atoms with Crippen LogP contribution >= 0.6 is 11.6 Å². The fourth-order valence-electron chi connectivity index (χ4n) is 2.89. The van der Waals surface area contributed by atoms with Crippen LogP contribution in [0.15, 0.2) is 42.5 Å². The summed E-state index contributed by atoms with van der Waals surface area (Å²) in [4.78, 5) is 11.9. The highest BCUT2D eigenvalue weighted by Crippen LogP contribution is 2.45. The lowest BCUT2D eigenvalue weighted by atomic mass is 9.87. The van der Waals surface area contributed by atoms with Gasteiger partial charge in [0.15, 0.2) is 0 Å². The summed E-state index contributed by atoms with van der Waals surface area (Å²) in [5, 5.41) is 13.6. The Hall–Kier alpha value is -2.04. The molecular weight excluding hydrogens is 302 g/mol. The van der Waals surface area contributed by atoms with Crippen LogP contribution in [0.4, 0.5) is 0 Å². The second kappa shape index (κ2) is 5.99. The third-order valence-electron chi connectivity index (χ3n) is 3.80. The zero-order chi connectivity index (χ0) is 15.7. The van der Waals surface area contributed by atoms with Crippen molar-refractivity contribution >= 4 is 17.6 Å². The van der Waals surface area contributed by atoms with Gasteiger partial charge in [-0.25, -0.2) is 0 Å². The predicted molar refractivity (Wildman–Crippen MR) is 84.8 cm³/mol. The van der Waals surface area contributed by atoms with Crippen molar-refractivity contribution < 1.29 is 14.6 Å². The molecular formula is C17H16ClNO3. The lowest BCUT2D eigenvalue weighted by Gasteiger charge is -2.24. The van der Waals surface area contributed by atoms with Gasteiger partial charge in [0.05, 0.1) is 6.04 Å². The quantitative estimate of drug-likeness (QED) is 0.899. The van der Waals surface area contributed by atoms with E-state index in [0.717, 1.165) is 5.56 Å². The number of ether oxygens (including phenoxy) is 1. The van der Waals surface area contributed by atoms with E-state index in [0.29, 0.717) is 28.6 Å². The van der Waals surface area contributed by atoms with Gasteiger partial charge >= 0.3 is 5.97 Å². The van der Waals surface area contributed by atoms with Crippen molar-refractivity contribution in [2.45, 2.75) is 18.9 Å². The third kappa shape index (κ3) is 2.56. The van der Waals surface area contributed by atoms with Crippen molar-refractivity contribution in [2.24, 2.45) is 0 Å². The highest BCUT2D eigenvalue weighted by molar-refractivity contribution is 6.30. The van der Waals surface area contributed by atoms with Crippen molar-refractivity contribution in [2.75, 3.05) is 6.54 Å². The number of nitrogens with one attached hydrogen (secondary N) is 1. The Morgan fingerprint density at radius 2 is 1.95 bits per heavy atom. The highest BCUT2D eigenvalue weighted by atomic mass is 35.5. The molecule has 1 heterocycles. The molecule has 0 aliphatic carbocycles. The van der Waals surface area contributed by atoms with E-state index in [-0.39, 0.29) is 0 Å². The molecule has 1 aliphatic heterocycles. The van der Waals surface area contributed by atoms with Crippen molar-refractivity contribution in [3.63, 3.8) is 0 Å². The molecule has 0 saturated heterocycles. The molecule has 114 valence electrons. The van der Waals surface area contributed by atoms with Crippen LogP contribution in [0.25, 0.3) is 0 Å². The van der Waals surface area contributed by atoms with Gasteiger partial charge in [0.2, 0.25) is 0 Å². The lowest BCUT2D eigenvalue weighted by molar-refractivity contribution is -0.139. The second-order valence-corrected chi connectivity index (χ2v) is 5.61. The first-order valence-electron chi connectivity index (χ1n) is 7.14. The molecule has 0 saturated carbocycles. The average Bonchev–Trinajstić information content (AvgIpc) is 2.62. The summed E-state index contributed by atoms with van der Waals surface area (Å²) < 4.78 is 5.95. The number of hydrogen-bond donors (Lipinski definition) is 2. The zero-order valence-corrected chi connectivity index (χ0v) is 12.8. The van der Waals surface area contributed by atoms with E-state index in [4.69, 9.17) is 16.3 Å². The van der Waals surface area contributed by atoms with E-state index < -0.39 is 17.9 Å². The molecule has 0 bridgehead atoms. The Kier molecular flexibility index (Phi) is 4.05. The van der Waals surface area contributed by atoms with Crippen LogP contribution in [-0.2, 0) is 4.79 Å².